The molecule has 0 fully saturated rings. The van der Waals surface area contributed by atoms with Gasteiger partial charge in [0.25, 0.3) is 0 Å². The second kappa shape index (κ2) is 5.77. The van der Waals surface area contributed by atoms with Crippen LogP contribution in [0.1, 0.15) is 23.6 Å². The van der Waals surface area contributed by atoms with Gasteiger partial charge in [-0.25, -0.2) is 4.79 Å². The first-order valence-corrected chi connectivity index (χ1v) is 6.52. The Kier molecular flexibility index (Phi) is 4.08. The van der Waals surface area contributed by atoms with E-state index in [1.54, 1.807) is 31.2 Å². The lowest BCUT2D eigenvalue weighted by Gasteiger charge is -2.08. The van der Waals surface area contributed by atoms with Gasteiger partial charge in [0.1, 0.15) is 5.01 Å². The molecular formula is C12H14N4O2S. The van der Waals surface area contributed by atoms with Crippen molar-refractivity contribution in [2.24, 2.45) is 0 Å². The number of carbonyl (C=O) groups excluding carboxylic acids is 1. The van der Waals surface area contributed by atoms with Crippen molar-refractivity contribution in [2.45, 2.75) is 20.0 Å². The lowest BCUT2D eigenvalue weighted by Crippen LogP contribution is -2.19. The van der Waals surface area contributed by atoms with Gasteiger partial charge in [0.05, 0.1) is 6.10 Å². The van der Waals surface area contributed by atoms with E-state index in [-0.39, 0.29) is 6.03 Å². The third-order valence-corrected chi connectivity index (χ3v) is 3.13. The van der Waals surface area contributed by atoms with Crippen molar-refractivity contribution in [3.8, 4) is 0 Å². The van der Waals surface area contributed by atoms with Crippen molar-refractivity contribution in [1.29, 1.82) is 0 Å². The molecule has 0 saturated carbocycles. The average Bonchev–Trinajstić information content (AvgIpc) is 2.74. The van der Waals surface area contributed by atoms with E-state index < -0.39 is 6.10 Å². The van der Waals surface area contributed by atoms with E-state index in [2.05, 4.69) is 20.8 Å². The van der Waals surface area contributed by atoms with E-state index in [9.17, 15) is 9.90 Å². The van der Waals surface area contributed by atoms with Gasteiger partial charge in [0.2, 0.25) is 5.13 Å². The molecule has 19 heavy (non-hydrogen) atoms. The number of carbonyl (C=O) groups is 1. The number of hydrogen-bond donors (Lipinski definition) is 3. The zero-order chi connectivity index (χ0) is 13.8. The van der Waals surface area contributed by atoms with Crippen molar-refractivity contribution in [2.75, 3.05) is 10.6 Å². The van der Waals surface area contributed by atoms with Crippen LogP contribution in [0.5, 0.6) is 0 Å². The van der Waals surface area contributed by atoms with Crippen LogP contribution in [-0.4, -0.2) is 21.3 Å². The number of rotatable bonds is 3. The Morgan fingerprint density at radius 2 is 2.16 bits per heavy atom. The predicted octanol–water partition coefficient (Wildman–Crippen LogP) is 2.54. The van der Waals surface area contributed by atoms with Crippen molar-refractivity contribution in [3.05, 3.63) is 34.8 Å². The van der Waals surface area contributed by atoms with Crippen molar-refractivity contribution in [3.63, 3.8) is 0 Å². The number of nitrogens with one attached hydrogen (secondary N) is 2. The molecular weight excluding hydrogens is 264 g/mol. The highest BCUT2D eigenvalue weighted by atomic mass is 32.1. The molecule has 0 bridgehead atoms. The standard InChI is InChI=1S/C12H14N4O2S/c1-7(17)9-4-3-5-10(6-9)13-11(18)14-12-16-15-8(2)19-12/h3-7,17H,1-2H3,(H2,13,14,16,18). The Bertz CT molecular complexity index is 583. The molecule has 1 atom stereocenters. The number of amides is 2. The number of aryl methyl sites for hydroxylation is 1. The van der Waals surface area contributed by atoms with Gasteiger partial charge in [-0.15, -0.1) is 10.2 Å². The summed E-state index contributed by atoms with van der Waals surface area (Å²) in [4.78, 5) is 11.7. The fraction of sp³-hybridized carbons (Fsp3) is 0.250. The van der Waals surface area contributed by atoms with Gasteiger partial charge in [0.15, 0.2) is 0 Å². The molecule has 1 aromatic carbocycles. The molecule has 1 heterocycles. The quantitative estimate of drug-likeness (QED) is 0.805. The molecule has 2 amide bonds. The molecule has 1 aromatic heterocycles. The van der Waals surface area contributed by atoms with Gasteiger partial charge in [-0.1, -0.05) is 23.5 Å². The minimum atomic E-state index is -0.573. The maximum Gasteiger partial charge on any atom is 0.325 e. The van der Waals surface area contributed by atoms with Gasteiger partial charge in [-0.3, -0.25) is 5.32 Å². The van der Waals surface area contributed by atoms with Crippen molar-refractivity contribution in [1.82, 2.24) is 10.2 Å². The van der Waals surface area contributed by atoms with Crippen LogP contribution in [0.15, 0.2) is 24.3 Å². The second-order valence-corrected chi connectivity index (χ2v) is 5.19. The molecule has 7 heteroatoms. The number of aromatic nitrogens is 2. The fourth-order valence-corrected chi connectivity index (χ4v) is 2.07. The van der Waals surface area contributed by atoms with Crippen LogP contribution in [0.25, 0.3) is 0 Å². The highest BCUT2D eigenvalue weighted by Gasteiger charge is 2.07. The highest BCUT2D eigenvalue weighted by molar-refractivity contribution is 7.15. The van der Waals surface area contributed by atoms with Gasteiger partial charge in [0, 0.05) is 5.69 Å². The van der Waals surface area contributed by atoms with Crippen LogP contribution in [0, 0.1) is 6.92 Å². The predicted molar refractivity (Wildman–Crippen MR) is 74.4 cm³/mol. The molecule has 0 saturated heterocycles. The Labute approximate surface area is 114 Å². The summed E-state index contributed by atoms with van der Waals surface area (Å²) in [6.45, 7) is 3.48. The van der Waals surface area contributed by atoms with Crippen LogP contribution in [0.3, 0.4) is 0 Å². The maximum atomic E-state index is 11.7. The van der Waals surface area contributed by atoms with Crippen LogP contribution in [0.2, 0.25) is 0 Å². The molecule has 3 N–H and O–H groups in total. The highest BCUT2D eigenvalue weighted by Crippen LogP contribution is 2.18. The number of urea groups is 1. The van der Waals surface area contributed by atoms with E-state index >= 15 is 0 Å². The van der Waals surface area contributed by atoms with Crippen molar-refractivity contribution >= 4 is 28.2 Å². The third kappa shape index (κ3) is 3.73. The first-order valence-electron chi connectivity index (χ1n) is 5.71. The molecule has 0 aliphatic rings. The molecule has 1 unspecified atom stereocenters. The number of aliphatic hydroxyl groups is 1. The van der Waals surface area contributed by atoms with Crippen LogP contribution in [-0.2, 0) is 0 Å². The second-order valence-electron chi connectivity index (χ2n) is 4.01. The zero-order valence-electron chi connectivity index (χ0n) is 10.5. The van der Waals surface area contributed by atoms with Crippen molar-refractivity contribution < 1.29 is 9.90 Å². The molecule has 0 radical (unpaired) electrons. The number of benzene rings is 1. The van der Waals surface area contributed by atoms with Crippen LogP contribution < -0.4 is 10.6 Å². The van der Waals surface area contributed by atoms with E-state index in [4.69, 9.17) is 0 Å². The van der Waals surface area contributed by atoms with Gasteiger partial charge >= 0.3 is 6.03 Å². The van der Waals surface area contributed by atoms with Gasteiger partial charge in [-0.2, -0.15) is 0 Å². The molecule has 6 nitrogen and oxygen atoms in total. The lowest BCUT2D eigenvalue weighted by molar-refractivity contribution is 0.199. The summed E-state index contributed by atoms with van der Waals surface area (Å²) >= 11 is 1.30. The summed E-state index contributed by atoms with van der Waals surface area (Å²) in [6, 6.07) is 6.64. The Morgan fingerprint density at radius 3 is 2.79 bits per heavy atom. The van der Waals surface area contributed by atoms with Gasteiger partial charge in [-0.05, 0) is 31.5 Å². The maximum absolute atomic E-state index is 11.7. The first kappa shape index (κ1) is 13.4. The monoisotopic (exact) mass is 278 g/mol. The van der Waals surface area contributed by atoms with Crippen LogP contribution >= 0.6 is 11.3 Å². The number of anilines is 2. The molecule has 100 valence electrons. The van der Waals surface area contributed by atoms with E-state index in [1.165, 1.54) is 11.3 Å². The smallest absolute Gasteiger partial charge is 0.325 e. The third-order valence-electron chi connectivity index (χ3n) is 2.37. The molecule has 2 aromatic rings. The molecule has 2 rings (SSSR count). The Balaban J connectivity index is 2.00. The first-order chi connectivity index (χ1) is 9.04. The lowest BCUT2D eigenvalue weighted by atomic mass is 10.1. The minimum absolute atomic E-state index is 0.390. The molecule has 0 aliphatic carbocycles. The summed E-state index contributed by atoms with van der Waals surface area (Å²) in [5, 5.41) is 23.6. The van der Waals surface area contributed by atoms with E-state index in [0.717, 1.165) is 10.6 Å². The number of hydrogen-bond acceptors (Lipinski definition) is 5. The fourth-order valence-electron chi connectivity index (χ4n) is 1.48. The normalized spacial score (nSPS) is 11.9. The summed E-state index contributed by atoms with van der Waals surface area (Å²) in [7, 11) is 0. The summed E-state index contributed by atoms with van der Waals surface area (Å²) in [5.74, 6) is 0. The zero-order valence-corrected chi connectivity index (χ0v) is 11.4. The number of nitrogens with zero attached hydrogens (tertiary/aromatic N) is 2. The Hall–Kier alpha value is -1.99. The SMILES string of the molecule is Cc1nnc(NC(=O)Nc2cccc(C(C)O)c2)s1. The molecule has 0 spiro atoms. The largest absolute Gasteiger partial charge is 0.389 e. The van der Waals surface area contributed by atoms with Crippen LogP contribution in [0.4, 0.5) is 15.6 Å². The van der Waals surface area contributed by atoms with E-state index in [1.807, 2.05) is 6.92 Å². The summed E-state index contributed by atoms with van der Waals surface area (Å²) < 4.78 is 0. The summed E-state index contributed by atoms with van der Waals surface area (Å²) in [6.07, 6.45) is -0.573. The summed E-state index contributed by atoms with van der Waals surface area (Å²) in [5.41, 5.74) is 1.35. The topological polar surface area (TPSA) is 87.1 Å². The van der Waals surface area contributed by atoms with E-state index in [0.29, 0.717) is 10.8 Å². The molecule has 0 aliphatic heterocycles. The minimum Gasteiger partial charge on any atom is -0.389 e. The average molecular weight is 278 g/mol. The Morgan fingerprint density at radius 1 is 1.37 bits per heavy atom. The number of aliphatic hydroxyl groups excluding tert-OH is 1. The van der Waals surface area contributed by atoms with Gasteiger partial charge < -0.3 is 10.4 Å².